The van der Waals surface area contributed by atoms with Crippen molar-refractivity contribution in [2.75, 3.05) is 7.05 Å². The molecule has 18 heavy (non-hydrogen) atoms. The lowest BCUT2D eigenvalue weighted by atomic mass is 9.86. The summed E-state index contributed by atoms with van der Waals surface area (Å²) in [5, 5.41) is 0.367. The van der Waals surface area contributed by atoms with Crippen LogP contribution in [0.5, 0.6) is 0 Å². The Balaban J connectivity index is 2.04. The average Bonchev–Trinajstić information content (AvgIpc) is 2.38. The third-order valence-electron chi connectivity index (χ3n) is 3.79. The Kier molecular flexibility index (Phi) is 4.23. The molecule has 0 radical (unpaired) electrons. The van der Waals surface area contributed by atoms with Crippen molar-refractivity contribution in [1.29, 1.82) is 0 Å². The maximum atomic E-state index is 12.3. The number of amides is 1. The number of aromatic nitrogens is 1. The van der Waals surface area contributed by atoms with Gasteiger partial charge in [-0.25, -0.2) is 4.98 Å². The van der Waals surface area contributed by atoms with Gasteiger partial charge in [-0.05, 0) is 43.7 Å². The van der Waals surface area contributed by atoms with E-state index in [2.05, 4.69) is 11.9 Å². The fourth-order valence-electron chi connectivity index (χ4n) is 2.50. The fourth-order valence-corrected chi connectivity index (χ4v) is 2.67. The van der Waals surface area contributed by atoms with Crippen LogP contribution in [-0.2, 0) is 0 Å². The molecule has 4 heteroatoms. The Hall–Kier alpha value is -1.09. The van der Waals surface area contributed by atoms with Gasteiger partial charge >= 0.3 is 0 Å². The second-order valence-corrected chi connectivity index (χ2v) is 5.56. The smallest absolute Gasteiger partial charge is 0.272 e. The molecule has 0 atom stereocenters. The van der Waals surface area contributed by atoms with Crippen LogP contribution in [0.15, 0.2) is 18.2 Å². The zero-order valence-corrected chi connectivity index (χ0v) is 11.7. The van der Waals surface area contributed by atoms with E-state index in [9.17, 15) is 4.79 Å². The van der Waals surface area contributed by atoms with Crippen molar-refractivity contribution >= 4 is 17.5 Å². The number of halogens is 1. The van der Waals surface area contributed by atoms with Crippen LogP contribution in [0.1, 0.15) is 43.1 Å². The molecule has 3 nitrogen and oxygen atoms in total. The summed E-state index contributed by atoms with van der Waals surface area (Å²) in [6.45, 7) is 2.27. The summed E-state index contributed by atoms with van der Waals surface area (Å²) in [5.41, 5.74) is 0.434. The van der Waals surface area contributed by atoms with Crippen molar-refractivity contribution in [1.82, 2.24) is 9.88 Å². The van der Waals surface area contributed by atoms with E-state index in [4.69, 9.17) is 11.6 Å². The van der Waals surface area contributed by atoms with E-state index in [-0.39, 0.29) is 5.91 Å². The van der Waals surface area contributed by atoms with Crippen LogP contribution in [0, 0.1) is 5.92 Å². The van der Waals surface area contributed by atoms with Crippen LogP contribution in [0.25, 0.3) is 0 Å². The predicted octanol–water partition coefficient (Wildman–Crippen LogP) is 3.39. The Bertz CT molecular complexity index is 428. The van der Waals surface area contributed by atoms with Crippen LogP contribution in [0.2, 0.25) is 5.15 Å². The van der Waals surface area contributed by atoms with Crippen LogP contribution in [0.4, 0.5) is 0 Å². The molecule has 0 bridgehead atoms. The molecule has 1 aliphatic carbocycles. The minimum Gasteiger partial charge on any atom is -0.337 e. The summed E-state index contributed by atoms with van der Waals surface area (Å²) in [5.74, 6) is 0.756. The zero-order chi connectivity index (χ0) is 13.1. The summed E-state index contributed by atoms with van der Waals surface area (Å²) in [4.78, 5) is 18.2. The third kappa shape index (κ3) is 3.02. The van der Waals surface area contributed by atoms with Crippen LogP contribution < -0.4 is 0 Å². The van der Waals surface area contributed by atoms with E-state index >= 15 is 0 Å². The van der Waals surface area contributed by atoms with Gasteiger partial charge in [0.15, 0.2) is 0 Å². The monoisotopic (exact) mass is 266 g/mol. The minimum atomic E-state index is -0.0305. The summed E-state index contributed by atoms with van der Waals surface area (Å²) in [6, 6.07) is 5.50. The van der Waals surface area contributed by atoms with E-state index < -0.39 is 0 Å². The number of carbonyl (C=O) groups excluding carboxylic acids is 1. The van der Waals surface area contributed by atoms with Crippen molar-refractivity contribution in [2.24, 2.45) is 5.92 Å². The van der Waals surface area contributed by atoms with Gasteiger partial charge in [0, 0.05) is 13.1 Å². The SMILES string of the molecule is CC1CCC(N(C)C(=O)c2cccc(Cl)n2)CC1. The van der Waals surface area contributed by atoms with Gasteiger partial charge in [-0.3, -0.25) is 4.79 Å². The fraction of sp³-hybridized carbons (Fsp3) is 0.571. The molecule has 98 valence electrons. The first-order valence-corrected chi connectivity index (χ1v) is 6.85. The van der Waals surface area contributed by atoms with E-state index in [0.29, 0.717) is 16.9 Å². The number of carbonyl (C=O) groups is 1. The number of nitrogens with zero attached hydrogens (tertiary/aromatic N) is 2. The largest absolute Gasteiger partial charge is 0.337 e. The maximum absolute atomic E-state index is 12.3. The lowest BCUT2D eigenvalue weighted by Gasteiger charge is -2.33. The minimum absolute atomic E-state index is 0.0305. The van der Waals surface area contributed by atoms with Gasteiger partial charge in [-0.2, -0.15) is 0 Å². The first kappa shape index (κ1) is 13.3. The molecule has 1 aliphatic rings. The highest BCUT2D eigenvalue weighted by molar-refractivity contribution is 6.29. The molecule has 0 aromatic carbocycles. The highest BCUT2D eigenvalue weighted by atomic mass is 35.5. The van der Waals surface area contributed by atoms with Gasteiger partial charge in [0.25, 0.3) is 5.91 Å². The van der Waals surface area contributed by atoms with E-state index in [0.717, 1.165) is 18.8 Å². The highest BCUT2D eigenvalue weighted by Gasteiger charge is 2.25. The van der Waals surface area contributed by atoms with Crippen LogP contribution in [-0.4, -0.2) is 28.9 Å². The molecule has 0 unspecified atom stereocenters. The molecule has 1 aromatic rings. The first-order chi connectivity index (χ1) is 8.58. The summed E-state index contributed by atoms with van der Waals surface area (Å²) in [7, 11) is 1.87. The molecule has 0 spiro atoms. The lowest BCUT2D eigenvalue weighted by molar-refractivity contribution is 0.0673. The Morgan fingerprint density at radius 2 is 2.00 bits per heavy atom. The molecule has 2 rings (SSSR count). The predicted molar refractivity (Wildman–Crippen MR) is 72.8 cm³/mol. The molecule has 1 saturated carbocycles. The van der Waals surface area contributed by atoms with E-state index in [1.807, 2.05) is 11.9 Å². The Labute approximate surface area is 113 Å². The van der Waals surface area contributed by atoms with Gasteiger partial charge in [0.05, 0.1) is 0 Å². The van der Waals surface area contributed by atoms with Crippen LogP contribution >= 0.6 is 11.6 Å². The maximum Gasteiger partial charge on any atom is 0.272 e. The topological polar surface area (TPSA) is 33.2 Å². The summed E-state index contributed by atoms with van der Waals surface area (Å²) >= 11 is 5.82. The van der Waals surface area contributed by atoms with Gasteiger partial charge in [-0.1, -0.05) is 24.6 Å². The standard InChI is InChI=1S/C14H19ClN2O/c1-10-6-8-11(9-7-10)17(2)14(18)12-4-3-5-13(15)16-12/h3-5,10-11H,6-9H2,1-2H3. The van der Waals surface area contributed by atoms with Gasteiger partial charge < -0.3 is 4.90 Å². The number of rotatable bonds is 2. The van der Waals surface area contributed by atoms with E-state index in [1.165, 1.54) is 12.8 Å². The van der Waals surface area contributed by atoms with Crippen molar-refractivity contribution in [3.05, 3.63) is 29.0 Å². The molecule has 0 aliphatic heterocycles. The van der Waals surface area contributed by atoms with Crippen molar-refractivity contribution in [2.45, 2.75) is 38.6 Å². The normalized spacial score (nSPS) is 23.7. The van der Waals surface area contributed by atoms with E-state index in [1.54, 1.807) is 18.2 Å². The first-order valence-electron chi connectivity index (χ1n) is 6.47. The van der Waals surface area contributed by atoms with Crippen molar-refractivity contribution < 1.29 is 4.79 Å². The van der Waals surface area contributed by atoms with Gasteiger partial charge in [0.2, 0.25) is 0 Å². The number of hydrogen-bond acceptors (Lipinski definition) is 2. The average molecular weight is 267 g/mol. The molecular weight excluding hydrogens is 248 g/mol. The highest BCUT2D eigenvalue weighted by Crippen LogP contribution is 2.27. The lowest BCUT2D eigenvalue weighted by Crippen LogP contribution is -2.39. The Morgan fingerprint density at radius 3 is 2.61 bits per heavy atom. The van der Waals surface area contributed by atoms with Gasteiger partial charge in [-0.15, -0.1) is 0 Å². The molecule has 1 heterocycles. The molecule has 0 saturated heterocycles. The summed E-state index contributed by atoms with van der Waals surface area (Å²) < 4.78 is 0. The molecule has 1 amide bonds. The van der Waals surface area contributed by atoms with Crippen LogP contribution in [0.3, 0.4) is 0 Å². The van der Waals surface area contributed by atoms with Crippen molar-refractivity contribution in [3.8, 4) is 0 Å². The van der Waals surface area contributed by atoms with Crippen molar-refractivity contribution in [3.63, 3.8) is 0 Å². The zero-order valence-electron chi connectivity index (χ0n) is 10.9. The quantitative estimate of drug-likeness (QED) is 0.769. The third-order valence-corrected chi connectivity index (χ3v) is 4.00. The molecule has 0 N–H and O–H groups in total. The molecular formula is C14H19ClN2O. The second-order valence-electron chi connectivity index (χ2n) is 5.18. The van der Waals surface area contributed by atoms with Gasteiger partial charge in [0.1, 0.15) is 10.8 Å². The number of hydrogen-bond donors (Lipinski definition) is 0. The number of pyridine rings is 1. The molecule has 1 fully saturated rings. The summed E-state index contributed by atoms with van der Waals surface area (Å²) in [6.07, 6.45) is 4.57. The molecule has 1 aromatic heterocycles. The second kappa shape index (κ2) is 5.70. The Morgan fingerprint density at radius 1 is 1.33 bits per heavy atom.